The van der Waals surface area contributed by atoms with E-state index in [9.17, 15) is 0 Å². The van der Waals surface area contributed by atoms with Crippen LogP contribution in [0, 0.1) is 0 Å². The second-order valence-corrected chi connectivity index (χ2v) is 3.92. The van der Waals surface area contributed by atoms with E-state index in [0.29, 0.717) is 12.1 Å². The SMILES string of the molecule is CC(O)CCCNC1CCOC1C. The zero-order valence-electron chi connectivity index (χ0n) is 8.62. The van der Waals surface area contributed by atoms with Crippen molar-refractivity contribution >= 4 is 0 Å². The van der Waals surface area contributed by atoms with Gasteiger partial charge in [-0.1, -0.05) is 0 Å². The Morgan fingerprint density at radius 2 is 2.38 bits per heavy atom. The predicted octanol–water partition coefficient (Wildman–Crippen LogP) is 0.914. The van der Waals surface area contributed by atoms with E-state index in [4.69, 9.17) is 9.84 Å². The summed E-state index contributed by atoms with van der Waals surface area (Å²) in [5.74, 6) is 0. The van der Waals surface area contributed by atoms with Gasteiger partial charge in [0.25, 0.3) is 0 Å². The maximum atomic E-state index is 9.04. The highest BCUT2D eigenvalue weighted by Gasteiger charge is 2.22. The lowest BCUT2D eigenvalue weighted by atomic mass is 10.1. The second kappa shape index (κ2) is 5.58. The molecule has 0 aromatic heterocycles. The number of aliphatic hydroxyl groups excluding tert-OH is 1. The van der Waals surface area contributed by atoms with Gasteiger partial charge in [0, 0.05) is 12.6 Å². The van der Waals surface area contributed by atoms with Crippen LogP contribution in [-0.4, -0.2) is 36.5 Å². The van der Waals surface area contributed by atoms with Crippen LogP contribution < -0.4 is 5.32 Å². The van der Waals surface area contributed by atoms with E-state index < -0.39 is 0 Å². The summed E-state index contributed by atoms with van der Waals surface area (Å²) in [6.45, 7) is 5.82. The van der Waals surface area contributed by atoms with Gasteiger partial charge < -0.3 is 15.2 Å². The molecule has 13 heavy (non-hydrogen) atoms. The number of aliphatic hydroxyl groups is 1. The van der Waals surface area contributed by atoms with Crippen molar-refractivity contribution in [1.29, 1.82) is 0 Å². The first-order valence-electron chi connectivity index (χ1n) is 5.23. The van der Waals surface area contributed by atoms with Gasteiger partial charge in [0.05, 0.1) is 12.2 Å². The van der Waals surface area contributed by atoms with Crippen LogP contribution in [0.25, 0.3) is 0 Å². The molecule has 0 aromatic rings. The molecular formula is C10H21NO2. The zero-order valence-corrected chi connectivity index (χ0v) is 8.62. The van der Waals surface area contributed by atoms with Crippen LogP contribution in [0.2, 0.25) is 0 Å². The van der Waals surface area contributed by atoms with E-state index in [1.807, 2.05) is 6.92 Å². The second-order valence-electron chi connectivity index (χ2n) is 3.92. The summed E-state index contributed by atoms with van der Waals surface area (Å²) in [4.78, 5) is 0. The molecule has 1 saturated heterocycles. The maximum Gasteiger partial charge on any atom is 0.0700 e. The molecule has 2 N–H and O–H groups in total. The Labute approximate surface area is 80.5 Å². The van der Waals surface area contributed by atoms with Crippen LogP contribution in [0.15, 0.2) is 0 Å². The minimum Gasteiger partial charge on any atom is -0.393 e. The molecule has 0 bridgehead atoms. The average Bonchev–Trinajstić information content (AvgIpc) is 2.45. The highest BCUT2D eigenvalue weighted by atomic mass is 16.5. The van der Waals surface area contributed by atoms with E-state index in [1.54, 1.807) is 0 Å². The van der Waals surface area contributed by atoms with Gasteiger partial charge in [0.2, 0.25) is 0 Å². The molecule has 3 nitrogen and oxygen atoms in total. The Balaban J connectivity index is 1.99. The van der Waals surface area contributed by atoms with Crippen molar-refractivity contribution in [1.82, 2.24) is 5.32 Å². The van der Waals surface area contributed by atoms with Gasteiger partial charge in [-0.2, -0.15) is 0 Å². The van der Waals surface area contributed by atoms with Crippen molar-refractivity contribution in [2.24, 2.45) is 0 Å². The van der Waals surface area contributed by atoms with Crippen molar-refractivity contribution in [2.45, 2.75) is 51.4 Å². The Morgan fingerprint density at radius 3 is 2.92 bits per heavy atom. The summed E-state index contributed by atoms with van der Waals surface area (Å²) in [6, 6.07) is 0.522. The van der Waals surface area contributed by atoms with Crippen molar-refractivity contribution in [3.63, 3.8) is 0 Å². The van der Waals surface area contributed by atoms with Gasteiger partial charge in [-0.25, -0.2) is 0 Å². The van der Waals surface area contributed by atoms with Crippen LogP contribution in [0.5, 0.6) is 0 Å². The van der Waals surface area contributed by atoms with E-state index in [1.165, 1.54) is 0 Å². The molecular weight excluding hydrogens is 166 g/mol. The topological polar surface area (TPSA) is 41.5 Å². The molecule has 0 aromatic carbocycles. The van der Waals surface area contributed by atoms with Crippen molar-refractivity contribution < 1.29 is 9.84 Å². The molecule has 1 fully saturated rings. The monoisotopic (exact) mass is 187 g/mol. The summed E-state index contributed by atoms with van der Waals surface area (Å²) in [7, 11) is 0. The molecule has 78 valence electrons. The van der Waals surface area contributed by atoms with Gasteiger partial charge in [-0.15, -0.1) is 0 Å². The third-order valence-electron chi connectivity index (χ3n) is 2.58. The summed E-state index contributed by atoms with van der Waals surface area (Å²) < 4.78 is 5.43. The minimum atomic E-state index is -0.168. The number of rotatable bonds is 5. The number of ether oxygens (including phenoxy) is 1. The molecule has 0 aliphatic carbocycles. The number of hydrogen-bond donors (Lipinski definition) is 2. The van der Waals surface area contributed by atoms with Crippen LogP contribution in [0.3, 0.4) is 0 Å². The van der Waals surface area contributed by atoms with Crippen LogP contribution >= 0.6 is 0 Å². The molecule has 0 spiro atoms. The lowest BCUT2D eigenvalue weighted by molar-refractivity contribution is 0.113. The fourth-order valence-electron chi connectivity index (χ4n) is 1.68. The molecule has 1 heterocycles. The largest absolute Gasteiger partial charge is 0.393 e. The summed E-state index contributed by atoms with van der Waals surface area (Å²) >= 11 is 0. The van der Waals surface area contributed by atoms with Crippen LogP contribution in [0.4, 0.5) is 0 Å². The first-order chi connectivity index (χ1) is 6.20. The molecule has 0 saturated carbocycles. The molecule has 1 aliphatic heterocycles. The third-order valence-corrected chi connectivity index (χ3v) is 2.58. The van der Waals surface area contributed by atoms with Crippen LogP contribution in [-0.2, 0) is 4.74 Å². The first kappa shape index (κ1) is 11.0. The van der Waals surface area contributed by atoms with Crippen molar-refractivity contribution in [3.8, 4) is 0 Å². The fourth-order valence-corrected chi connectivity index (χ4v) is 1.68. The highest BCUT2D eigenvalue weighted by Crippen LogP contribution is 2.12. The average molecular weight is 187 g/mol. The normalized spacial score (nSPS) is 30.7. The lowest BCUT2D eigenvalue weighted by Gasteiger charge is -2.15. The molecule has 1 rings (SSSR count). The van der Waals surface area contributed by atoms with Crippen LogP contribution in [0.1, 0.15) is 33.1 Å². The smallest absolute Gasteiger partial charge is 0.0700 e. The first-order valence-corrected chi connectivity index (χ1v) is 5.23. The third kappa shape index (κ3) is 4.07. The van der Waals surface area contributed by atoms with Crippen molar-refractivity contribution in [2.75, 3.05) is 13.2 Å². The molecule has 3 heteroatoms. The van der Waals surface area contributed by atoms with E-state index in [2.05, 4.69) is 12.2 Å². The van der Waals surface area contributed by atoms with Gasteiger partial charge in [0.1, 0.15) is 0 Å². The highest BCUT2D eigenvalue weighted by molar-refractivity contribution is 4.78. The lowest BCUT2D eigenvalue weighted by Crippen LogP contribution is -2.35. The quantitative estimate of drug-likeness (QED) is 0.629. The van der Waals surface area contributed by atoms with Gasteiger partial charge >= 0.3 is 0 Å². The molecule has 3 unspecified atom stereocenters. The van der Waals surface area contributed by atoms with Gasteiger partial charge in [-0.3, -0.25) is 0 Å². The Morgan fingerprint density at radius 1 is 1.62 bits per heavy atom. The predicted molar refractivity (Wildman–Crippen MR) is 52.7 cm³/mol. The maximum absolute atomic E-state index is 9.04. The van der Waals surface area contributed by atoms with E-state index >= 15 is 0 Å². The molecule has 0 radical (unpaired) electrons. The Kier molecular flexibility index (Phi) is 4.70. The molecule has 0 amide bonds. The number of nitrogens with one attached hydrogen (secondary N) is 1. The standard InChI is InChI=1S/C10H21NO2/c1-8(12)4-3-6-11-10-5-7-13-9(10)2/h8-12H,3-7H2,1-2H3. The summed E-state index contributed by atoms with van der Waals surface area (Å²) in [5, 5.41) is 12.5. The zero-order chi connectivity index (χ0) is 9.68. The summed E-state index contributed by atoms with van der Waals surface area (Å²) in [6.07, 6.45) is 3.23. The number of hydrogen-bond acceptors (Lipinski definition) is 3. The fraction of sp³-hybridized carbons (Fsp3) is 1.00. The van der Waals surface area contributed by atoms with Gasteiger partial charge in [0.15, 0.2) is 0 Å². The Bertz CT molecular complexity index is 139. The molecule has 1 aliphatic rings. The van der Waals surface area contributed by atoms with Crippen molar-refractivity contribution in [3.05, 3.63) is 0 Å². The van der Waals surface area contributed by atoms with E-state index in [0.717, 1.165) is 32.4 Å². The molecule has 3 atom stereocenters. The van der Waals surface area contributed by atoms with E-state index in [-0.39, 0.29) is 6.10 Å². The Hall–Kier alpha value is -0.120. The van der Waals surface area contributed by atoms with Gasteiger partial charge in [-0.05, 0) is 39.7 Å². The summed E-state index contributed by atoms with van der Waals surface area (Å²) in [5.41, 5.74) is 0. The minimum absolute atomic E-state index is 0.168.